The quantitative estimate of drug-likeness (QED) is 0.536. The molecule has 0 aliphatic rings. The molecule has 3 rings (SSSR count). The summed E-state index contributed by atoms with van der Waals surface area (Å²) in [6.07, 6.45) is -0.133. The van der Waals surface area contributed by atoms with Gasteiger partial charge in [-0.2, -0.15) is 0 Å². The predicted octanol–water partition coefficient (Wildman–Crippen LogP) is 5.60. The summed E-state index contributed by atoms with van der Waals surface area (Å²) >= 11 is 4.93. The highest BCUT2D eigenvalue weighted by atomic mass is 32.1. The van der Waals surface area contributed by atoms with Crippen molar-refractivity contribution in [2.24, 2.45) is 0 Å². The van der Waals surface area contributed by atoms with E-state index in [0.29, 0.717) is 11.4 Å². The Labute approximate surface area is 172 Å². The van der Waals surface area contributed by atoms with Gasteiger partial charge in [-0.05, 0) is 48.9 Å². The van der Waals surface area contributed by atoms with Gasteiger partial charge < -0.3 is 10.1 Å². The Bertz CT molecular complexity index is 991. The summed E-state index contributed by atoms with van der Waals surface area (Å²) in [6.45, 7) is 1.94. The first-order valence-electron chi connectivity index (χ1n) is 8.82. The van der Waals surface area contributed by atoms with E-state index in [4.69, 9.17) is 17.0 Å². The normalized spacial score (nSPS) is 11.4. The van der Waals surface area contributed by atoms with Gasteiger partial charge in [0.1, 0.15) is 28.5 Å². The van der Waals surface area contributed by atoms with E-state index in [1.54, 1.807) is 24.3 Å². The molecule has 7 heteroatoms. The predicted molar refractivity (Wildman–Crippen MR) is 112 cm³/mol. The Balaban J connectivity index is 1.58. The van der Waals surface area contributed by atoms with Crippen LogP contribution in [0.2, 0.25) is 0 Å². The molecule has 0 radical (unpaired) electrons. The average Bonchev–Trinajstić information content (AvgIpc) is 2.70. The summed E-state index contributed by atoms with van der Waals surface area (Å²) in [6, 6.07) is 19.2. The zero-order valence-electron chi connectivity index (χ0n) is 15.5. The Morgan fingerprint density at radius 3 is 2.17 bits per heavy atom. The summed E-state index contributed by atoms with van der Waals surface area (Å²) in [7, 11) is 0. The van der Waals surface area contributed by atoms with E-state index in [-0.39, 0.29) is 11.1 Å². The number of amides is 2. The van der Waals surface area contributed by atoms with Crippen LogP contribution in [0, 0.1) is 11.6 Å². The third-order valence-electron chi connectivity index (χ3n) is 4.11. The molecule has 2 amide bonds. The Morgan fingerprint density at radius 1 is 0.931 bits per heavy atom. The molecule has 0 fully saturated rings. The number of hydrogen-bond acceptors (Lipinski definition) is 3. The molecule has 0 heterocycles. The number of benzene rings is 3. The number of rotatable bonds is 5. The van der Waals surface area contributed by atoms with Gasteiger partial charge in [0.2, 0.25) is 0 Å². The first kappa shape index (κ1) is 20.4. The fraction of sp³-hybridized carbons (Fsp3) is 0.0909. The molecule has 0 saturated carbocycles. The van der Waals surface area contributed by atoms with Crippen molar-refractivity contribution in [3.05, 3.63) is 95.6 Å². The molecule has 4 nitrogen and oxygen atoms in total. The van der Waals surface area contributed by atoms with Gasteiger partial charge >= 0.3 is 6.03 Å². The second-order valence-corrected chi connectivity index (χ2v) is 6.61. The minimum absolute atomic E-state index is 0.133. The number of nitrogens with one attached hydrogen (secondary N) is 2. The van der Waals surface area contributed by atoms with Crippen molar-refractivity contribution >= 4 is 28.9 Å². The molecule has 0 spiro atoms. The smallest absolute Gasteiger partial charge is 0.324 e. The van der Waals surface area contributed by atoms with Crippen LogP contribution in [0.4, 0.5) is 19.3 Å². The van der Waals surface area contributed by atoms with E-state index in [0.717, 1.165) is 17.7 Å². The Hall–Kier alpha value is -3.32. The number of urea groups is 1. The molecule has 3 aromatic carbocycles. The van der Waals surface area contributed by atoms with Crippen LogP contribution in [0.1, 0.15) is 24.2 Å². The number of thiocarbonyl (C=S) groups is 1. The molecule has 0 aromatic heterocycles. The van der Waals surface area contributed by atoms with E-state index in [1.807, 2.05) is 37.3 Å². The number of halogens is 2. The molecule has 1 unspecified atom stereocenters. The zero-order valence-corrected chi connectivity index (χ0v) is 16.3. The molecule has 1 atom stereocenters. The van der Waals surface area contributed by atoms with E-state index in [2.05, 4.69) is 10.6 Å². The zero-order chi connectivity index (χ0) is 20.8. The van der Waals surface area contributed by atoms with Gasteiger partial charge in [-0.1, -0.05) is 48.6 Å². The number of carbonyl (C=O) groups is 1. The molecular weight excluding hydrogens is 394 g/mol. The Morgan fingerprint density at radius 2 is 1.55 bits per heavy atom. The second kappa shape index (κ2) is 9.25. The van der Waals surface area contributed by atoms with Crippen LogP contribution in [0.15, 0.2) is 72.8 Å². The third kappa shape index (κ3) is 5.36. The van der Waals surface area contributed by atoms with Crippen LogP contribution < -0.4 is 15.4 Å². The van der Waals surface area contributed by atoms with Crippen LogP contribution in [-0.2, 0) is 0 Å². The van der Waals surface area contributed by atoms with E-state index in [1.165, 1.54) is 6.07 Å². The third-order valence-corrected chi connectivity index (χ3v) is 4.42. The van der Waals surface area contributed by atoms with Crippen LogP contribution >= 0.6 is 12.2 Å². The summed E-state index contributed by atoms with van der Waals surface area (Å²) < 4.78 is 33.3. The summed E-state index contributed by atoms with van der Waals surface area (Å²) in [5.74, 6) is -1.05. The van der Waals surface area contributed by atoms with Crippen molar-refractivity contribution in [2.45, 2.75) is 13.0 Å². The fourth-order valence-electron chi connectivity index (χ4n) is 2.66. The summed E-state index contributed by atoms with van der Waals surface area (Å²) in [5.41, 5.74) is 1.07. The minimum atomic E-state index is -0.843. The standard InChI is InChI=1S/C22H18F2N2O2S/c1-14(15-6-3-2-4-7-15)28-17-12-10-16(11-13-17)25-22(27)26-21(29)20-18(23)8-5-9-19(20)24/h2-14H,1H3,(H2,25,26,27,29). The molecule has 148 valence electrons. The van der Waals surface area contributed by atoms with Crippen LogP contribution in [-0.4, -0.2) is 11.0 Å². The lowest BCUT2D eigenvalue weighted by atomic mass is 10.1. The SMILES string of the molecule is CC(Oc1ccc(NC(=O)NC(=S)c2c(F)cccc2F)cc1)c1ccccc1. The number of anilines is 1. The maximum Gasteiger partial charge on any atom is 0.324 e. The summed E-state index contributed by atoms with van der Waals surface area (Å²) in [5, 5.41) is 4.82. The van der Waals surface area contributed by atoms with Gasteiger partial charge in [-0.15, -0.1) is 0 Å². The van der Waals surface area contributed by atoms with Gasteiger partial charge in [0.05, 0.1) is 5.56 Å². The number of carbonyl (C=O) groups excluding carboxylic acids is 1. The van der Waals surface area contributed by atoms with E-state index < -0.39 is 23.2 Å². The highest BCUT2D eigenvalue weighted by Gasteiger charge is 2.16. The Kier molecular flexibility index (Phi) is 6.51. The number of ether oxygens (including phenoxy) is 1. The van der Waals surface area contributed by atoms with Crippen LogP contribution in [0.3, 0.4) is 0 Å². The molecule has 3 aromatic rings. The van der Waals surface area contributed by atoms with E-state index in [9.17, 15) is 13.6 Å². The highest BCUT2D eigenvalue weighted by Crippen LogP contribution is 2.23. The topological polar surface area (TPSA) is 50.4 Å². The minimum Gasteiger partial charge on any atom is -0.486 e. The van der Waals surface area contributed by atoms with Crippen molar-refractivity contribution in [2.75, 3.05) is 5.32 Å². The summed E-state index contributed by atoms with van der Waals surface area (Å²) in [4.78, 5) is 11.7. The largest absolute Gasteiger partial charge is 0.486 e. The lowest BCUT2D eigenvalue weighted by Gasteiger charge is -2.15. The van der Waals surface area contributed by atoms with Gasteiger partial charge in [0.25, 0.3) is 0 Å². The lowest BCUT2D eigenvalue weighted by molar-refractivity contribution is 0.227. The van der Waals surface area contributed by atoms with Crippen LogP contribution in [0.5, 0.6) is 5.75 Å². The molecule has 29 heavy (non-hydrogen) atoms. The average molecular weight is 412 g/mol. The maximum atomic E-state index is 13.7. The first-order chi connectivity index (χ1) is 13.9. The first-order valence-corrected chi connectivity index (χ1v) is 9.23. The van der Waals surface area contributed by atoms with Gasteiger partial charge in [-0.3, -0.25) is 5.32 Å². The van der Waals surface area contributed by atoms with Crippen molar-refractivity contribution in [1.82, 2.24) is 5.32 Å². The van der Waals surface area contributed by atoms with Crippen molar-refractivity contribution < 1.29 is 18.3 Å². The number of hydrogen-bond donors (Lipinski definition) is 2. The van der Waals surface area contributed by atoms with Crippen molar-refractivity contribution in [3.8, 4) is 5.75 Å². The molecule has 2 N–H and O–H groups in total. The highest BCUT2D eigenvalue weighted by molar-refractivity contribution is 7.80. The van der Waals surface area contributed by atoms with Crippen LogP contribution in [0.25, 0.3) is 0 Å². The maximum absolute atomic E-state index is 13.7. The molecule has 0 aliphatic carbocycles. The molecule has 0 saturated heterocycles. The fourth-order valence-corrected chi connectivity index (χ4v) is 2.94. The lowest BCUT2D eigenvalue weighted by Crippen LogP contribution is -2.34. The molecule has 0 bridgehead atoms. The molecular formula is C22H18F2N2O2S. The van der Waals surface area contributed by atoms with Crippen molar-refractivity contribution in [3.63, 3.8) is 0 Å². The van der Waals surface area contributed by atoms with Gasteiger partial charge in [0, 0.05) is 5.69 Å². The molecule has 0 aliphatic heterocycles. The monoisotopic (exact) mass is 412 g/mol. The van der Waals surface area contributed by atoms with E-state index >= 15 is 0 Å². The van der Waals surface area contributed by atoms with Crippen molar-refractivity contribution in [1.29, 1.82) is 0 Å². The second-order valence-electron chi connectivity index (χ2n) is 6.20. The van der Waals surface area contributed by atoms with Gasteiger partial charge in [0.15, 0.2) is 0 Å². The van der Waals surface area contributed by atoms with Gasteiger partial charge in [-0.25, -0.2) is 13.6 Å².